The Kier molecular flexibility index (Phi) is 4.23. The van der Waals surface area contributed by atoms with Crippen LogP contribution in [0.2, 0.25) is 0 Å². The van der Waals surface area contributed by atoms with Gasteiger partial charge < -0.3 is 11.3 Å². The Labute approximate surface area is 84.1 Å². The van der Waals surface area contributed by atoms with Crippen molar-refractivity contribution in [3.05, 3.63) is 17.2 Å². The highest BCUT2D eigenvalue weighted by Gasteiger charge is 2.16. The fourth-order valence-corrected chi connectivity index (χ4v) is 1.49. The molecule has 0 spiro atoms. The van der Waals surface area contributed by atoms with Crippen molar-refractivity contribution in [1.82, 2.24) is 0 Å². The maximum Gasteiger partial charge on any atom is 0.332 e. The fourth-order valence-electron chi connectivity index (χ4n) is 1.49. The zero-order chi connectivity index (χ0) is 10.4. The highest BCUT2D eigenvalue weighted by molar-refractivity contribution is 6.33. The molecule has 0 fully saturated rings. The fraction of sp³-hybridized carbons (Fsp3) is 0.600. The largest absolute Gasteiger partial charge is 0.361 e. The van der Waals surface area contributed by atoms with Crippen LogP contribution in [0.3, 0.4) is 0 Å². The average Bonchev–Trinajstić information content (AvgIpc) is 2.20. The standard InChI is InChI=1S/C10H16N4/c1-8-6-9(14-12)7-13-10(8)4-2-3-5-11/h6-7,10H,2-5,11H2,1H3. The molecule has 0 amide bonds. The first-order valence-corrected chi connectivity index (χ1v) is 4.91. The summed E-state index contributed by atoms with van der Waals surface area (Å²) in [4.78, 5) is 7.41. The highest BCUT2D eigenvalue weighted by Crippen LogP contribution is 2.15. The number of nitrogens with zero attached hydrogens (tertiary/aromatic N) is 3. The molecule has 1 rings (SSSR count). The van der Waals surface area contributed by atoms with Gasteiger partial charge in [-0.15, -0.1) is 0 Å². The Hall–Kier alpha value is -1.25. The summed E-state index contributed by atoms with van der Waals surface area (Å²) in [6.45, 7) is 2.75. The topological polar surface area (TPSA) is 74.8 Å². The number of dihydropyridines is 1. The molecule has 0 aromatic rings. The first-order chi connectivity index (χ1) is 6.77. The van der Waals surface area contributed by atoms with Gasteiger partial charge in [0, 0.05) is 6.08 Å². The molecule has 0 aromatic carbocycles. The van der Waals surface area contributed by atoms with Gasteiger partial charge in [-0.2, -0.15) is 4.79 Å². The van der Waals surface area contributed by atoms with Crippen LogP contribution in [0.15, 0.2) is 16.6 Å². The summed E-state index contributed by atoms with van der Waals surface area (Å²) in [6, 6.07) is 0.243. The molecule has 1 aliphatic heterocycles. The van der Waals surface area contributed by atoms with Crippen molar-refractivity contribution in [3.63, 3.8) is 0 Å². The molecule has 0 aromatic heterocycles. The van der Waals surface area contributed by atoms with Gasteiger partial charge in [0.05, 0.1) is 6.04 Å². The van der Waals surface area contributed by atoms with Gasteiger partial charge in [-0.3, -0.25) is 4.99 Å². The molecule has 14 heavy (non-hydrogen) atoms. The number of nitrogens with two attached hydrogens (primary N) is 1. The van der Waals surface area contributed by atoms with Gasteiger partial charge >= 0.3 is 5.71 Å². The Bertz CT molecular complexity index is 297. The number of allylic oxidation sites excluding steroid dienone is 1. The van der Waals surface area contributed by atoms with Gasteiger partial charge in [0.2, 0.25) is 0 Å². The van der Waals surface area contributed by atoms with E-state index in [0.717, 1.165) is 31.4 Å². The first-order valence-electron chi connectivity index (χ1n) is 4.91. The third-order valence-electron chi connectivity index (χ3n) is 2.34. The van der Waals surface area contributed by atoms with Crippen molar-refractivity contribution in [2.45, 2.75) is 32.2 Å². The SMILES string of the molecule is CC1=CC(=[N+]=[N-])C=NC1CCCCN. The van der Waals surface area contributed by atoms with Gasteiger partial charge in [-0.25, -0.2) is 0 Å². The summed E-state index contributed by atoms with van der Waals surface area (Å²) in [5.41, 5.74) is 15.6. The van der Waals surface area contributed by atoms with E-state index in [1.807, 2.05) is 13.0 Å². The lowest BCUT2D eigenvalue weighted by atomic mass is 9.99. The van der Waals surface area contributed by atoms with E-state index in [-0.39, 0.29) is 6.04 Å². The van der Waals surface area contributed by atoms with Crippen LogP contribution in [0.1, 0.15) is 26.2 Å². The maximum atomic E-state index is 8.54. The van der Waals surface area contributed by atoms with Gasteiger partial charge in [-0.05, 0) is 38.3 Å². The highest BCUT2D eigenvalue weighted by atomic mass is 14.9. The molecule has 1 atom stereocenters. The third-order valence-corrected chi connectivity index (χ3v) is 2.34. The summed E-state index contributed by atoms with van der Waals surface area (Å²) in [6.07, 6.45) is 6.63. The molecule has 0 saturated carbocycles. The van der Waals surface area contributed by atoms with Gasteiger partial charge in [0.25, 0.3) is 0 Å². The van der Waals surface area contributed by atoms with Crippen LogP contribution in [0.5, 0.6) is 0 Å². The lowest BCUT2D eigenvalue weighted by molar-refractivity contribution is 0.000322. The van der Waals surface area contributed by atoms with Crippen molar-refractivity contribution in [3.8, 4) is 0 Å². The van der Waals surface area contributed by atoms with Crippen molar-refractivity contribution >= 4 is 11.9 Å². The predicted molar refractivity (Wildman–Crippen MR) is 57.6 cm³/mol. The third kappa shape index (κ3) is 2.91. The summed E-state index contributed by atoms with van der Waals surface area (Å²) >= 11 is 0. The summed E-state index contributed by atoms with van der Waals surface area (Å²) in [7, 11) is 0. The lowest BCUT2D eigenvalue weighted by Crippen LogP contribution is -2.16. The number of hydrogen-bond acceptors (Lipinski definition) is 2. The van der Waals surface area contributed by atoms with E-state index in [1.165, 1.54) is 0 Å². The molecule has 0 aliphatic carbocycles. The minimum atomic E-state index is 0.243. The molecular weight excluding hydrogens is 176 g/mol. The molecule has 1 aliphatic rings. The van der Waals surface area contributed by atoms with Crippen LogP contribution in [0.25, 0.3) is 5.53 Å². The second-order valence-corrected chi connectivity index (χ2v) is 3.49. The van der Waals surface area contributed by atoms with E-state index in [4.69, 9.17) is 11.3 Å². The second-order valence-electron chi connectivity index (χ2n) is 3.49. The lowest BCUT2D eigenvalue weighted by Gasteiger charge is -2.14. The Morgan fingerprint density at radius 1 is 1.57 bits per heavy atom. The van der Waals surface area contributed by atoms with E-state index < -0.39 is 0 Å². The molecule has 1 heterocycles. The van der Waals surface area contributed by atoms with E-state index >= 15 is 0 Å². The summed E-state index contributed by atoms with van der Waals surface area (Å²) in [5.74, 6) is 0. The zero-order valence-corrected chi connectivity index (χ0v) is 8.48. The van der Waals surface area contributed by atoms with Crippen molar-refractivity contribution in [1.29, 1.82) is 0 Å². The van der Waals surface area contributed by atoms with E-state index in [1.54, 1.807) is 6.21 Å². The van der Waals surface area contributed by atoms with Gasteiger partial charge in [0.1, 0.15) is 6.21 Å². The minimum absolute atomic E-state index is 0.243. The smallest absolute Gasteiger partial charge is 0.332 e. The van der Waals surface area contributed by atoms with Crippen LogP contribution < -0.4 is 5.73 Å². The van der Waals surface area contributed by atoms with Crippen LogP contribution in [0.4, 0.5) is 0 Å². The van der Waals surface area contributed by atoms with E-state index in [0.29, 0.717) is 5.71 Å². The first kappa shape index (κ1) is 10.8. The van der Waals surface area contributed by atoms with Crippen LogP contribution in [-0.4, -0.2) is 29.3 Å². The van der Waals surface area contributed by atoms with Gasteiger partial charge in [-0.1, -0.05) is 0 Å². The monoisotopic (exact) mass is 192 g/mol. The predicted octanol–water partition coefficient (Wildman–Crippen LogP) is 1.19. The number of hydrogen-bond donors (Lipinski definition) is 1. The summed E-state index contributed by atoms with van der Waals surface area (Å²) < 4.78 is 0. The Morgan fingerprint density at radius 2 is 2.36 bits per heavy atom. The number of unbranched alkanes of at least 4 members (excludes halogenated alkanes) is 1. The summed E-state index contributed by atoms with van der Waals surface area (Å²) in [5, 5.41) is 0. The van der Waals surface area contributed by atoms with E-state index in [9.17, 15) is 0 Å². The molecule has 76 valence electrons. The van der Waals surface area contributed by atoms with Crippen molar-refractivity contribution in [2.24, 2.45) is 10.7 Å². The molecule has 0 radical (unpaired) electrons. The minimum Gasteiger partial charge on any atom is -0.361 e. The molecule has 0 bridgehead atoms. The van der Waals surface area contributed by atoms with Gasteiger partial charge in [0.15, 0.2) is 0 Å². The number of rotatable bonds is 4. The second kappa shape index (κ2) is 5.47. The van der Waals surface area contributed by atoms with Crippen molar-refractivity contribution < 1.29 is 4.79 Å². The van der Waals surface area contributed by atoms with E-state index in [2.05, 4.69) is 9.78 Å². The molecule has 4 heteroatoms. The van der Waals surface area contributed by atoms with Crippen LogP contribution in [0, 0.1) is 0 Å². The molecule has 4 nitrogen and oxygen atoms in total. The molecular formula is C10H16N4. The van der Waals surface area contributed by atoms with Crippen LogP contribution >= 0.6 is 0 Å². The number of aliphatic imine (C=N–C) groups is 1. The Balaban J connectivity index is 2.50. The van der Waals surface area contributed by atoms with Crippen molar-refractivity contribution in [2.75, 3.05) is 6.54 Å². The molecule has 1 unspecified atom stereocenters. The van der Waals surface area contributed by atoms with Crippen LogP contribution in [-0.2, 0) is 0 Å². The molecule has 0 saturated heterocycles. The Morgan fingerprint density at radius 3 is 2.93 bits per heavy atom. The maximum absolute atomic E-state index is 8.54. The normalized spacial score (nSPS) is 20.6. The zero-order valence-electron chi connectivity index (χ0n) is 8.48. The quantitative estimate of drug-likeness (QED) is 0.405. The molecule has 2 N–H and O–H groups in total. The average molecular weight is 192 g/mol.